The highest BCUT2D eigenvalue weighted by Gasteiger charge is 2.47. The molecular weight excluding hydrogens is 276 g/mol. The zero-order valence-corrected chi connectivity index (χ0v) is 15.6. The maximum atomic E-state index is 6.62. The third kappa shape index (κ3) is 4.66. The van der Waals surface area contributed by atoms with E-state index in [1.165, 1.54) is 5.19 Å². The van der Waals surface area contributed by atoms with Crippen LogP contribution in [-0.2, 0) is 8.85 Å². The summed E-state index contributed by atoms with van der Waals surface area (Å²) in [6.07, 6.45) is 3.57. The van der Waals surface area contributed by atoms with E-state index in [9.17, 15) is 0 Å². The van der Waals surface area contributed by atoms with E-state index in [-0.39, 0.29) is 12.2 Å². The predicted octanol–water partition coefficient (Wildman–Crippen LogP) is 4.77. The Hall–Kier alpha value is -0.643. The van der Waals surface area contributed by atoms with Gasteiger partial charge in [0.25, 0.3) is 0 Å². The third-order valence-electron chi connectivity index (χ3n) is 4.34. The fourth-order valence-electron chi connectivity index (χ4n) is 2.38. The van der Waals surface area contributed by atoms with E-state index in [4.69, 9.17) is 8.85 Å². The van der Waals surface area contributed by atoms with Crippen molar-refractivity contribution in [1.29, 1.82) is 0 Å². The normalized spacial score (nSPS) is 18.8. The lowest BCUT2D eigenvalue weighted by Gasteiger charge is -2.39. The van der Waals surface area contributed by atoms with Crippen LogP contribution in [0.4, 0.5) is 0 Å². The van der Waals surface area contributed by atoms with Crippen molar-refractivity contribution in [2.45, 2.75) is 78.6 Å². The fraction of sp³-hybridized carbons (Fsp3) is 0.667. The molecule has 0 radical (unpaired) electrons. The second kappa shape index (κ2) is 8.72. The largest absolute Gasteiger partial charge is 0.388 e. The molecule has 3 unspecified atom stereocenters. The van der Waals surface area contributed by atoms with Crippen molar-refractivity contribution in [1.82, 2.24) is 0 Å². The van der Waals surface area contributed by atoms with Crippen molar-refractivity contribution in [3.8, 4) is 0 Å². The average molecular weight is 309 g/mol. The van der Waals surface area contributed by atoms with Crippen LogP contribution in [0.1, 0.15) is 60.8 Å². The van der Waals surface area contributed by atoms with E-state index >= 15 is 0 Å². The molecule has 0 N–H and O–H groups in total. The maximum Gasteiger partial charge on any atom is 0.375 e. The lowest BCUT2D eigenvalue weighted by molar-refractivity contribution is 0.0901. The molecule has 1 aromatic rings. The van der Waals surface area contributed by atoms with Crippen molar-refractivity contribution in [2.75, 3.05) is 0 Å². The van der Waals surface area contributed by atoms with Crippen LogP contribution in [0.25, 0.3) is 0 Å². The molecule has 0 aliphatic heterocycles. The lowest BCUT2D eigenvalue weighted by Crippen LogP contribution is -2.59. The van der Waals surface area contributed by atoms with Gasteiger partial charge >= 0.3 is 8.56 Å². The minimum Gasteiger partial charge on any atom is -0.388 e. The van der Waals surface area contributed by atoms with Crippen molar-refractivity contribution in [3.63, 3.8) is 0 Å². The second-order valence-corrected chi connectivity index (χ2v) is 9.39. The summed E-state index contributed by atoms with van der Waals surface area (Å²) in [5.74, 6) is 0. The van der Waals surface area contributed by atoms with E-state index in [0.29, 0.717) is 5.54 Å². The summed E-state index contributed by atoms with van der Waals surface area (Å²) in [5, 5.41) is 1.26. The molecule has 0 aliphatic carbocycles. The van der Waals surface area contributed by atoms with Gasteiger partial charge in [-0.25, -0.2) is 0 Å². The van der Waals surface area contributed by atoms with Crippen molar-refractivity contribution >= 4 is 13.7 Å². The highest BCUT2D eigenvalue weighted by atomic mass is 28.4. The van der Waals surface area contributed by atoms with Crippen molar-refractivity contribution in [2.24, 2.45) is 0 Å². The summed E-state index contributed by atoms with van der Waals surface area (Å²) in [4.78, 5) is 0. The quantitative estimate of drug-likeness (QED) is 0.612. The van der Waals surface area contributed by atoms with Gasteiger partial charge in [-0.05, 0) is 31.9 Å². The van der Waals surface area contributed by atoms with E-state index in [1.54, 1.807) is 0 Å². The molecule has 2 nitrogen and oxygen atoms in total. The Balaban J connectivity index is 3.26. The molecule has 0 spiro atoms. The van der Waals surface area contributed by atoms with Gasteiger partial charge in [-0.1, -0.05) is 64.4 Å². The summed E-state index contributed by atoms with van der Waals surface area (Å²) < 4.78 is 13.2. The number of hydrogen-bond donors (Lipinski definition) is 0. The molecule has 1 aromatic carbocycles. The van der Waals surface area contributed by atoms with Crippen LogP contribution in [0.3, 0.4) is 0 Å². The summed E-state index contributed by atoms with van der Waals surface area (Å²) >= 11 is 0. The number of benzene rings is 1. The number of hydrogen-bond acceptors (Lipinski definition) is 2. The van der Waals surface area contributed by atoms with Gasteiger partial charge in [0, 0.05) is 17.7 Å². The Bertz CT molecular complexity index is 381. The van der Waals surface area contributed by atoms with Crippen LogP contribution in [-0.4, -0.2) is 20.8 Å². The molecule has 0 bridgehead atoms. The lowest BCUT2D eigenvalue weighted by atomic mass is 10.3. The summed E-state index contributed by atoms with van der Waals surface area (Å²) in [6.45, 7) is 13.2. The topological polar surface area (TPSA) is 18.5 Å². The standard InChI is InChI=1S/C18H32O2Si/c1-7-15(4)19-21(17(6)9-3,20-16(5)8-2)18-13-11-10-12-14-18/h10-17H,7-9H2,1-6H3. The smallest absolute Gasteiger partial charge is 0.375 e. The van der Waals surface area contributed by atoms with E-state index in [0.717, 1.165) is 19.3 Å². The second-order valence-electron chi connectivity index (χ2n) is 6.02. The first-order valence-electron chi connectivity index (χ1n) is 8.41. The molecule has 0 heterocycles. The Labute approximate surface area is 132 Å². The first-order valence-corrected chi connectivity index (χ1v) is 10.3. The van der Waals surface area contributed by atoms with Gasteiger partial charge in [0.15, 0.2) is 0 Å². The Morgan fingerprint density at radius 3 is 1.67 bits per heavy atom. The van der Waals surface area contributed by atoms with Crippen LogP contribution in [0.2, 0.25) is 5.54 Å². The average Bonchev–Trinajstić information content (AvgIpc) is 2.53. The maximum absolute atomic E-state index is 6.62. The Morgan fingerprint density at radius 1 is 0.810 bits per heavy atom. The molecule has 0 saturated carbocycles. The molecule has 0 saturated heterocycles. The van der Waals surface area contributed by atoms with Gasteiger partial charge in [0.05, 0.1) is 0 Å². The minimum atomic E-state index is -2.44. The SMILES string of the molecule is CCC(C)O[Si](OC(C)CC)(c1ccccc1)C(C)CC. The molecule has 21 heavy (non-hydrogen) atoms. The predicted molar refractivity (Wildman–Crippen MR) is 93.2 cm³/mol. The monoisotopic (exact) mass is 308 g/mol. The zero-order chi connectivity index (χ0) is 15.9. The van der Waals surface area contributed by atoms with Gasteiger partial charge in [-0.15, -0.1) is 0 Å². The van der Waals surface area contributed by atoms with Gasteiger partial charge in [0.1, 0.15) is 0 Å². The fourth-order valence-corrected chi connectivity index (χ4v) is 6.47. The first kappa shape index (κ1) is 18.4. The molecule has 3 atom stereocenters. The Morgan fingerprint density at radius 2 is 1.29 bits per heavy atom. The minimum absolute atomic E-state index is 0.231. The van der Waals surface area contributed by atoms with Gasteiger partial charge in [-0.3, -0.25) is 0 Å². The third-order valence-corrected chi connectivity index (χ3v) is 8.69. The molecule has 0 amide bonds. The molecule has 0 aliphatic rings. The Kier molecular flexibility index (Phi) is 7.64. The number of rotatable bonds is 9. The van der Waals surface area contributed by atoms with Crippen LogP contribution in [0.5, 0.6) is 0 Å². The molecular formula is C18H32O2Si. The molecule has 0 aromatic heterocycles. The first-order chi connectivity index (χ1) is 10.00. The highest BCUT2D eigenvalue weighted by Crippen LogP contribution is 2.30. The molecule has 3 heteroatoms. The van der Waals surface area contributed by atoms with Crippen LogP contribution < -0.4 is 5.19 Å². The van der Waals surface area contributed by atoms with Crippen molar-refractivity contribution < 1.29 is 8.85 Å². The van der Waals surface area contributed by atoms with Crippen LogP contribution in [0, 0.1) is 0 Å². The summed E-state index contributed by atoms with van der Waals surface area (Å²) in [5.41, 5.74) is 0.433. The van der Waals surface area contributed by atoms with Gasteiger partial charge < -0.3 is 8.85 Å². The summed E-state index contributed by atoms with van der Waals surface area (Å²) in [6, 6.07) is 10.6. The van der Waals surface area contributed by atoms with Gasteiger partial charge in [-0.2, -0.15) is 0 Å². The summed E-state index contributed by atoms with van der Waals surface area (Å²) in [7, 11) is -2.44. The van der Waals surface area contributed by atoms with Gasteiger partial charge in [0.2, 0.25) is 0 Å². The molecule has 120 valence electrons. The highest BCUT2D eigenvalue weighted by molar-refractivity contribution is 6.82. The van der Waals surface area contributed by atoms with Crippen LogP contribution >= 0.6 is 0 Å². The zero-order valence-electron chi connectivity index (χ0n) is 14.6. The molecule has 0 fully saturated rings. The van der Waals surface area contributed by atoms with E-state index < -0.39 is 8.56 Å². The van der Waals surface area contributed by atoms with E-state index in [1.807, 2.05) is 0 Å². The van der Waals surface area contributed by atoms with Crippen LogP contribution in [0.15, 0.2) is 30.3 Å². The van der Waals surface area contributed by atoms with E-state index in [2.05, 4.69) is 71.9 Å². The van der Waals surface area contributed by atoms with Crippen molar-refractivity contribution in [3.05, 3.63) is 30.3 Å². The molecule has 1 rings (SSSR count).